The number of aliphatic imine (C=N–C) groups is 1. The monoisotopic (exact) mass is 428 g/mol. The fourth-order valence-electron chi connectivity index (χ4n) is 5.92. The molecule has 3 heterocycles. The number of aliphatic hydroxyl groups is 1. The SMILES string of the molecule is OCC1CCCN(c2cc3c(c(-c4ccc5c(c4)ncn5C4CCCCC4)c2)N=CC3)C1. The van der Waals surface area contributed by atoms with E-state index >= 15 is 0 Å². The molecule has 1 saturated carbocycles. The van der Waals surface area contributed by atoms with Crippen LogP contribution in [0.5, 0.6) is 0 Å². The largest absolute Gasteiger partial charge is 0.396 e. The summed E-state index contributed by atoms with van der Waals surface area (Å²) in [5.74, 6) is 0.372. The smallest absolute Gasteiger partial charge is 0.0960 e. The van der Waals surface area contributed by atoms with E-state index in [9.17, 15) is 5.11 Å². The highest BCUT2D eigenvalue weighted by molar-refractivity contribution is 5.92. The second-order valence-corrected chi connectivity index (χ2v) is 9.80. The van der Waals surface area contributed by atoms with Crippen molar-refractivity contribution < 1.29 is 5.11 Å². The molecular formula is C27H32N4O. The van der Waals surface area contributed by atoms with Crippen molar-refractivity contribution in [1.82, 2.24) is 9.55 Å². The van der Waals surface area contributed by atoms with Gasteiger partial charge in [0.1, 0.15) is 0 Å². The average Bonchev–Trinajstić information content (AvgIpc) is 3.50. The summed E-state index contributed by atoms with van der Waals surface area (Å²) in [6.45, 7) is 2.26. The van der Waals surface area contributed by atoms with Gasteiger partial charge in [-0.05, 0) is 67.0 Å². The van der Waals surface area contributed by atoms with E-state index in [1.165, 1.54) is 60.0 Å². The fraction of sp³-hybridized carbons (Fsp3) is 0.481. The highest BCUT2D eigenvalue weighted by Gasteiger charge is 2.23. The predicted molar refractivity (Wildman–Crippen MR) is 131 cm³/mol. The molecule has 0 spiro atoms. The molecule has 5 heteroatoms. The van der Waals surface area contributed by atoms with Gasteiger partial charge in [-0.3, -0.25) is 4.99 Å². The van der Waals surface area contributed by atoms with Crippen molar-refractivity contribution in [3.8, 4) is 11.1 Å². The number of benzene rings is 2. The molecule has 6 rings (SSSR count). The molecule has 1 aliphatic carbocycles. The third-order valence-corrected chi connectivity index (χ3v) is 7.70. The zero-order chi connectivity index (χ0) is 21.5. The van der Waals surface area contributed by atoms with Gasteiger partial charge in [-0.15, -0.1) is 0 Å². The van der Waals surface area contributed by atoms with Crippen LogP contribution in [0.15, 0.2) is 41.7 Å². The van der Waals surface area contributed by atoms with Gasteiger partial charge in [0.15, 0.2) is 0 Å². The van der Waals surface area contributed by atoms with E-state index in [1.807, 2.05) is 12.5 Å². The molecule has 1 unspecified atom stereocenters. The van der Waals surface area contributed by atoms with Crippen molar-refractivity contribution in [3.05, 3.63) is 42.2 Å². The maximum atomic E-state index is 9.68. The number of aromatic nitrogens is 2. The van der Waals surface area contributed by atoms with Crippen LogP contribution in [0.1, 0.15) is 56.6 Å². The number of hydrogen-bond donors (Lipinski definition) is 1. The minimum Gasteiger partial charge on any atom is -0.396 e. The van der Waals surface area contributed by atoms with Crippen LogP contribution in [0.25, 0.3) is 22.2 Å². The molecule has 2 aliphatic heterocycles. The molecule has 0 radical (unpaired) electrons. The van der Waals surface area contributed by atoms with Crippen LogP contribution < -0.4 is 4.90 Å². The normalized spacial score (nSPS) is 21.4. The number of rotatable bonds is 4. The maximum absolute atomic E-state index is 9.68. The molecule has 32 heavy (non-hydrogen) atoms. The Morgan fingerprint density at radius 3 is 2.78 bits per heavy atom. The van der Waals surface area contributed by atoms with Crippen LogP contribution in [0, 0.1) is 5.92 Å². The molecule has 0 bridgehead atoms. The van der Waals surface area contributed by atoms with E-state index in [0.29, 0.717) is 12.0 Å². The molecule has 0 amide bonds. The first kappa shape index (κ1) is 20.0. The van der Waals surface area contributed by atoms with Gasteiger partial charge in [0.05, 0.1) is 23.0 Å². The number of piperidine rings is 1. The highest BCUT2D eigenvalue weighted by Crippen LogP contribution is 2.41. The van der Waals surface area contributed by atoms with Gasteiger partial charge in [0.25, 0.3) is 0 Å². The van der Waals surface area contributed by atoms with Gasteiger partial charge in [-0.2, -0.15) is 0 Å². The number of nitrogens with zero attached hydrogens (tertiary/aromatic N) is 4. The van der Waals surface area contributed by atoms with Crippen molar-refractivity contribution in [2.75, 3.05) is 24.6 Å². The Morgan fingerprint density at radius 2 is 1.91 bits per heavy atom. The molecule has 166 valence electrons. The quantitative estimate of drug-likeness (QED) is 0.582. The summed E-state index contributed by atoms with van der Waals surface area (Å²) in [5.41, 5.74) is 8.39. The summed E-state index contributed by atoms with van der Waals surface area (Å²) in [5, 5.41) is 9.68. The summed E-state index contributed by atoms with van der Waals surface area (Å²) in [4.78, 5) is 12.0. The Kier molecular flexibility index (Phi) is 5.22. The first-order valence-electron chi connectivity index (χ1n) is 12.3. The van der Waals surface area contributed by atoms with Crippen molar-refractivity contribution in [1.29, 1.82) is 0 Å². The van der Waals surface area contributed by atoms with Gasteiger partial charge >= 0.3 is 0 Å². The summed E-state index contributed by atoms with van der Waals surface area (Å²) >= 11 is 0. The van der Waals surface area contributed by atoms with Crippen molar-refractivity contribution in [2.24, 2.45) is 10.9 Å². The van der Waals surface area contributed by atoms with Crippen LogP contribution in [0.4, 0.5) is 11.4 Å². The van der Waals surface area contributed by atoms with Gasteiger partial charge in [-0.25, -0.2) is 4.98 Å². The number of fused-ring (bicyclic) bond motifs is 2. The summed E-state index contributed by atoms with van der Waals surface area (Å²) in [6, 6.07) is 12.0. The van der Waals surface area contributed by atoms with Crippen molar-refractivity contribution in [2.45, 2.75) is 57.4 Å². The second kappa shape index (κ2) is 8.36. The minimum absolute atomic E-state index is 0.276. The molecule has 3 aliphatic rings. The predicted octanol–water partition coefficient (Wildman–Crippen LogP) is 5.68. The fourth-order valence-corrected chi connectivity index (χ4v) is 5.92. The van der Waals surface area contributed by atoms with E-state index in [4.69, 9.17) is 9.98 Å². The lowest BCUT2D eigenvalue weighted by atomic mass is 9.94. The minimum atomic E-state index is 0.276. The topological polar surface area (TPSA) is 53.6 Å². The zero-order valence-electron chi connectivity index (χ0n) is 18.7. The Labute approximate surface area is 189 Å². The number of imidazole rings is 1. The van der Waals surface area contributed by atoms with E-state index in [1.54, 1.807) is 0 Å². The molecule has 2 fully saturated rings. The number of aliphatic hydroxyl groups excluding tert-OH is 1. The van der Waals surface area contributed by atoms with Gasteiger partial charge < -0.3 is 14.6 Å². The van der Waals surface area contributed by atoms with Crippen LogP contribution in [-0.4, -0.2) is 40.6 Å². The lowest BCUT2D eigenvalue weighted by Crippen LogP contribution is -2.36. The Balaban J connectivity index is 1.38. The van der Waals surface area contributed by atoms with Crippen LogP contribution in [-0.2, 0) is 6.42 Å². The Morgan fingerprint density at radius 1 is 1.00 bits per heavy atom. The Hall–Kier alpha value is -2.66. The number of hydrogen-bond acceptors (Lipinski definition) is 4. The first-order chi connectivity index (χ1) is 15.8. The van der Waals surface area contributed by atoms with E-state index < -0.39 is 0 Å². The molecule has 1 aromatic heterocycles. The lowest BCUT2D eigenvalue weighted by molar-refractivity contribution is 0.209. The van der Waals surface area contributed by atoms with E-state index in [0.717, 1.165) is 43.6 Å². The van der Waals surface area contributed by atoms with Crippen LogP contribution in [0.3, 0.4) is 0 Å². The third kappa shape index (κ3) is 3.53. The maximum Gasteiger partial charge on any atom is 0.0960 e. The Bertz CT molecular complexity index is 1160. The highest BCUT2D eigenvalue weighted by atomic mass is 16.3. The zero-order valence-corrected chi connectivity index (χ0v) is 18.7. The average molecular weight is 429 g/mol. The molecule has 5 nitrogen and oxygen atoms in total. The molecule has 1 atom stereocenters. The van der Waals surface area contributed by atoms with E-state index in [-0.39, 0.29) is 6.61 Å². The summed E-state index contributed by atoms with van der Waals surface area (Å²) in [6.07, 6.45) is 13.8. The summed E-state index contributed by atoms with van der Waals surface area (Å²) in [7, 11) is 0. The molecule has 3 aromatic rings. The van der Waals surface area contributed by atoms with Crippen LogP contribution in [0.2, 0.25) is 0 Å². The summed E-state index contributed by atoms with van der Waals surface area (Å²) < 4.78 is 2.40. The van der Waals surface area contributed by atoms with Crippen LogP contribution >= 0.6 is 0 Å². The first-order valence-corrected chi connectivity index (χ1v) is 12.3. The van der Waals surface area contributed by atoms with Gasteiger partial charge in [0, 0.05) is 49.6 Å². The lowest BCUT2D eigenvalue weighted by Gasteiger charge is -2.34. The molecule has 1 N–H and O–H groups in total. The van der Waals surface area contributed by atoms with E-state index in [2.05, 4.69) is 39.8 Å². The third-order valence-electron chi connectivity index (χ3n) is 7.70. The van der Waals surface area contributed by atoms with Crippen molar-refractivity contribution in [3.63, 3.8) is 0 Å². The standard InChI is InChI=1S/C27H32N4O/c32-17-19-5-4-12-30(16-19)23-13-21-10-11-28-27(21)24(15-23)20-8-9-26-25(14-20)29-18-31(26)22-6-2-1-3-7-22/h8-9,11,13-15,18-19,22,32H,1-7,10,12,16-17H2. The molecule has 1 saturated heterocycles. The van der Waals surface area contributed by atoms with Gasteiger partial charge in [-0.1, -0.05) is 25.3 Å². The van der Waals surface area contributed by atoms with Gasteiger partial charge in [0.2, 0.25) is 0 Å². The van der Waals surface area contributed by atoms with Crippen molar-refractivity contribution >= 4 is 28.6 Å². The second-order valence-electron chi connectivity index (χ2n) is 9.80. The molecule has 2 aromatic carbocycles. The number of anilines is 1. The molecular weight excluding hydrogens is 396 g/mol.